The molecule has 30 heavy (non-hydrogen) atoms. The van der Waals surface area contributed by atoms with Crippen LogP contribution in [0.15, 0.2) is 72.9 Å². The third-order valence-electron chi connectivity index (χ3n) is 4.89. The highest BCUT2D eigenvalue weighted by molar-refractivity contribution is 6.31. The Morgan fingerprint density at radius 2 is 1.87 bits per heavy atom. The van der Waals surface area contributed by atoms with Crippen LogP contribution < -0.4 is 5.32 Å². The maximum Gasteiger partial charge on any atom is 0.228 e. The summed E-state index contributed by atoms with van der Waals surface area (Å²) in [6, 6.07) is 18.3. The van der Waals surface area contributed by atoms with Crippen molar-refractivity contribution >= 4 is 28.8 Å². The van der Waals surface area contributed by atoms with Crippen molar-refractivity contribution in [3.63, 3.8) is 0 Å². The smallest absolute Gasteiger partial charge is 0.228 e. The first-order valence-electron chi connectivity index (χ1n) is 9.35. The zero-order chi connectivity index (χ0) is 21.3. The molecule has 7 heteroatoms. The van der Waals surface area contributed by atoms with Crippen molar-refractivity contribution < 1.29 is 14.3 Å². The predicted octanol–water partition coefficient (Wildman–Crippen LogP) is 5.03. The van der Waals surface area contributed by atoms with Gasteiger partial charge in [-0.15, -0.1) is 5.10 Å². The van der Waals surface area contributed by atoms with E-state index in [2.05, 4.69) is 10.4 Å². The molecule has 0 saturated heterocycles. The number of hydrogen-bond acceptors (Lipinski definition) is 3. The third kappa shape index (κ3) is 4.06. The van der Waals surface area contributed by atoms with Gasteiger partial charge < -0.3 is 10.4 Å². The molecular formula is C23H19ClFN3O2. The minimum Gasteiger partial charge on any atom is -0.385 e. The molecule has 0 spiro atoms. The molecule has 5 nitrogen and oxygen atoms in total. The van der Waals surface area contributed by atoms with Gasteiger partial charge in [0.1, 0.15) is 5.82 Å². The van der Waals surface area contributed by atoms with E-state index in [1.54, 1.807) is 66.2 Å². The summed E-state index contributed by atoms with van der Waals surface area (Å²) < 4.78 is 15.0. The maximum absolute atomic E-state index is 13.4. The summed E-state index contributed by atoms with van der Waals surface area (Å²) in [4.78, 5) is 12.8. The minimum absolute atomic E-state index is 0.158. The van der Waals surface area contributed by atoms with E-state index in [1.807, 2.05) is 6.07 Å². The summed E-state index contributed by atoms with van der Waals surface area (Å²) in [5.41, 5.74) is 1.26. The fraction of sp³-hybridized carbons (Fsp3) is 0.130. The van der Waals surface area contributed by atoms with Gasteiger partial charge in [-0.1, -0.05) is 54.1 Å². The molecule has 1 atom stereocenters. The van der Waals surface area contributed by atoms with Crippen molar-refractivity contribution in [2.45, 2.75) is 18.9 Å². The Hall–Kier alpha value is -3.22. The van der Waals surface area contributed by atoms with Gasteiger partial charge in [-0.2, -0.15) is 0 Å². The maximum atomic E-state index is 13.4. The first kappa shape index (κ1) is 20.1. The molecule has 0 fully saturated rings. The Bertz CT molecular complexity index is 1200. The quantitative estimate of drug-likeness (QED) is 0.473. The van der Waals surface area contributed by atoms with Gasteiger partial charge in [-0.25, -0.2) is 8.91 Å². The Morgan fingerprint density at radius 3 is 2.57 bits per heavy atom. The molecule has 0 bridgehead atoms. The van der Waals surface area contributed by atoms with Crippen LogP contribution in [0.5, 0.6) is 0 Å². The number of anilines is 1. The molecule has 2 aromatic carbocycles. The second-order valence-electron chi connectivity index (χ2n) is 7.27. The average molecular weight is 424 g/mol. The second-order valence-corrected chi connectivity index (χ2v) is 7.71. The van der Waals surface area contributed by atoms with Crippen LogP contribution in [-0.4, -0.2) is 20.6 Å². The lowest BCUT2D eigenvalue weighted by Gasteiger charge is -2.23. The Balaban J connectivity index is 1.69. The van der Waals surface area contributed by atoms with Crippen LogP contribution in [-0.2, 0) is 10.4 Å². The summed E-state index contributed by atoms with van der Waals surface area (Å²) in [6.07, 6.45) is 1.52. The highest BCUT2D eigenvalue weighted by Gasteiger charge is 2.27. The lowest BCUT2D eigenvalue weighted by Crippen LogP contribution is -2.28. The van der Waals surface area contributed by atoms with Crippen LogP contribution in [0.25, 0.3) is 16.6 Å². The van der Waals surface area contributed by atoms with E-state index in [9.17, 15) is 14.3 Å². The molecule has 0 aliphatic heterocycles. The van der Waals surface area contributed by atoms with Crippen molar-refractivity contribution in [3.8, 4) is 11.1 Å². The van der Waals surface area contributed by atoms with E-state index >= 15 is 0 Å². The molecule has 0 saturated carbocycles. The minimum atomic E-state index is -1.34. The standard InChI is InChI=1S/C23H19ClFN3O2/c1-23(30,16-5-3-2-4-6-16)14-20(29)26-22-21(15-7-9-18(25)10-8-15)19-13-17(24)11-12-28(19)27-22/h2-13,30H,14H2,1H3,(H,26,27,29)/t23-/m0/s1. The van der Waals surface area contributed by atoms with Crippen molar-refractivity contribution in [1.29, 1.82) is 0 Å². The summed E-state index contributed by atoms with van der Waals surface area (Å²) in [5, 5.41) is 18.5. The SMILES string of the molecule is C[C@](O)(CC(=O)Nc1nn2ccc(Cl)cc2c1-c1ccc(F)cc1)c1ccccc1. The molecule has 0 aliphatic carbocycles. The van der Waals surface area contributed by atoms with Crippen molar-refractivity contribution in [2.75, 3.05) is 5.32 Å². The number of fused-ring (bicyclic) bond motifs is 1. The number of nitrogens with one attached hydrogen (secondary N) is 1. The van der Waals surface area contributed by atoms with E-state index in [0.717, 1.165) is 0 Å². The Morgan fingerprint density at radius 1 is 1.17 bits per heavy atom. The molecular weight excluding hydrogens is 405 g/mol. The first-order valence-corrected chi connectivity index (χ1v) is 9.73. The van der Waals surface area contributed by atoms with Crippen LogP contribution in [0.4, 0.5) is 10.2 Å². The number of hydrogen-bond donors (Lipinski definition) is 2. The van der Waals surface area contributed by atoms with Crippen LogP contribution in [0.1, 0.15) is 18.9 Å². The first-order chi connectivity index (χ1) is 14.3. The summed E-state index contributed by atoms with van der Waals surface area (Å²) >= 11 is 6.15. The van der Waals surface area contributed by atoms with Gasteiger partial charge in [0.25, 0.3) is 0 Å². The lowest BCUT2D eigenvalue weighted by molar-refractivity contribution is -0.120. The largest absolute Gasteiger partial charge is 0.385 e. The van der Waals surface area contributed by atoms with Crippen molar-refractivity contribution in [2.24, 2.45) is 0 Å². The molecule has 4 aromatic rings. The van der Waals surface area contributed by atoms with E-state index in [0.29, 0.717) is 33.0 Å². The molecule has 4 rings (SSSR count). The molecule has 0 aliphatic rings. The number of benzene rings is 2. The molecule has 0 unspecified atom stereocenters. The Labute approximate surface area is 177 Å². The number of nitrogens with zero attached hydrogens (tertiary/aromatic N) is 2. The lowest BCUT2D eigenvalue weighted by atomic mass is 9.92. The number of halogens is 2. The number of pyridine rings is 1. The number of amides is 1. The van der Waals surface area contributed by atoms with Gasteiger partial charge in [-0.05, 0) is 42.3 Å². The Kier molecular flexibility index (Phi) is 5.28. The normalized spacial score (nSPS) is 13.2. The van der Waals surface area contributed by atoms with Gasteiger partial charge >= 0.3 is 0 Å². The number of carbonyl (C=O) groups is 1. The van der Waals surface area contributed by atoms with Gasteiger partial charge in [0.05, 0.1) is 23.1 Å². The van der Waals surface area contributed by atoms with Gasteiger partial charge in [0.2, 0.25) is 5.91 Å². The summed E-state index contributed by atoms with van der Waals surface area (Å²) in [6.45, 7) is 1.59. The average Bonchev–Trinajstić information content (AvgIpc) is 3.05. The molecule has 2 N–H and O–H groups in total. The molecule has 1 amide bonds. The van der Waals surface area contributed by atoms with Gasteiger partial charge in [-0.3, -0.25) is 4.79 Å². The highest BCUT2D eigenvalue weighted by Crippen LogP contribution is 2.34. The fourth-order valence-electron chi connectivity index (χ4n) is 3.40. The van der Waals surface area contributed by atoms with E-state index in [1.165, 1.54) is 12.1 Å². The number of rotatable bonds is 5. The van der Waals surface area contributed by atoms with Crippen molar-refractivity contribution in [3.05, 3.63) is 89.3 Å². The topological polar surface area (TPSA) is 66.6 Å². The van der Waals surface area contributed by atoms with Crippen LogP contribution in [0.2, 0.25) is 5.02 Å². The van der Waals surface area contributed by atoms with Crippen LogP contribution in [0, 0.1) is 5.82 Å². The second kappa shape index (κ2) is 7.89. The third-order valence-corrected chi connectivity index (χ3v) is 5.12. The van der Waals surface area contributed by atoms with Crippen LogP contribution in [0.3, 0.4) is 0 Å². The fourth-order valence-corrected chi connectivity index (χ4v) is 3.56. The molecule has 2 heterocycles. The predicted molar refractivity (Wildman–Crippen MR) is 115 cm³/mol. The van der Waals surface area contributed by atoms with Crippen LogP contribution >= 0.6 is 11.6 Å². The number of aromatic nitrogens is 2. The van der Waals surface area contributed by atoms with E-state index in [4.69, 9.17) is 11.6 Å². The van der Waals surface area contributed by atoms with E-state index < -0.39 is 11.5 Å². The zero-order valence-electron chi connectivity index (χ0n) is 16.1. The summed E-state index contributed by atoms with van der Waals surface area (Å²) in [5.74, 6) is -0.461. The monoisotopic (exact) mass is 423 g/mol. The molecule has 152 valence electrons. The number of aliphatic hydroxyl groups is 1. The molecule has 2 aromatic heterocycles. The summed E-state index contributed by atoms with van der Waals surface area (Å²) in [7, 11) is 0. The number of carbonyl (C=O) groups excluding carboxylic acids is 1. The van der Waals surface area contributed by atoms with Crippen molar-refractivity contribution in [1.82, 2.24) is 9.61 Å². The zero-order valence-corrected chi connectivity index (χ0v) is 16.9. The highest BCUT2D eigenvalue weighted by atomic mass is 35.5. The molecule has 0 radical (unpaired) electrons. The van der Waals surface area contributed by atoms with Gasteiger partial charge in [0.15, 0.2) is 5.82 Å². The van der Waals surface area contributed by atoms with Gasteiger partial charge in [0, 0.05) is 11.2 Å². The van der Waals surface area contributed by atoms with E-state index in [-0.39, 0.29) is 12.2 Å².